The Morgan fingerprint density at radius 3 is 2.04 bits per heavy atom. The lowest BCUT2D eigenvalue weighted by Crippen LogP contribution is -2.45. The van der Waals surface area contributed by atoms with Gasteiger partial charge < -0.3 is 10.4 Å². The fraction of sp³-hybridized carbons (Fsp3) is 0.739. The summed E-state index contributed by atoms with van der Waals surface area (Å²) in [5, 5.41) is 14.7. The van der Waals surface area contributed by atoms with Crippen molar-refractivity contribution in [3.05, 3.63) is 28.8 Å². The van der Waals surface area contributed by atoms with E-state index in [1.54, 1.807) is 0 Å². The van der Waals surface area contributed by atoms with Crippen molar-refractivity contribution < 1.29 is 5.11 Å². The highest BCUT2D eigenvalue weighted by Gasteiger charge is 2.31. The molecule has 2 N–H and O–H groups in total. The van der Waals surface area contributed by atoms with Gasteiger partial charge in [-0.15, -0.1) is 0 Å². The summed E-state index contributed by atoms with van der Waals surface area (Å²) in [6.45, 7) is 22.1. The zero-order valence-corrected chi connectivity index (χ0v) is 18.2. The van der Waals surface area contributed by atoms with Gasteiger partial charge >= 0.3 is 0 Å². The molecule has 0 saturated carbocycles. The third kappa shape index (κ3) is 5.01. The zero-order valence-electron chi connectivity index (χ0n) is 18.2. The SMILES string of the molecule is CC(C)C[C@H](c1cc(C(C)(C)C)cc(C(C)(C)C)c1O)N1CCNCC1. The van der Waals surface area contributed by atoms with Crippen LogP contribution in [0, 0.1) is 5.92 Å². The Hall–Kier alpha value is -1.06. The highest BCUT2D eigenvalue weighted by molar-refractivity contribution is 5.50. The van der Waals surface area contributed by atoms with Gasteiger partial charge in [0.1, 0.15) is 5.75 Å². The second-order valence-corrected chi connectivity index (χ2v) is 10.4. The summed E-state index contributed by atoms with van der Waals surface area (Å²) < 4.78 is 0. The quantitative estimate of drug-likeness (QED) is 0.795. The number of phenols is 1. The summed E-state index contributed by atoms with van der Waals surface area (Å²) in [5.41, 5.74) is 3.50. The van der Waals surface area contributed by atoms with Gasteiger partial charge in [-0.25, -0.2) is 0 Å². The van der Waals surface area contributed by atoms with E-state index in [1.165, 1.54) is 5.56 Å². The smallest absolute Gasteiger partial charge is 0.124 e. The number of rotatable bonds is 4. The van der Waals surface area contributed by atoms with E-state index in [-0.39, 0.29) is 16.9 Å². The van der Waals surface area contributed by atoms with Gasteiger partial charge in [-0.2, -0.15) is 0 Å². The molecule has 0 aromatic heterocycles. The molecule has 148 valence electrons. The van der Waals surface area contributed by atoms with Crippen molar-refractivity contribution in [2.75, 3.05) is 26.2 Å². The molecule has 2 rings (SSSR count). The summed E-state index contributed by atoms with van der Waals surface area (Å²) in [6.07, 6.45) is 1.07. The fourth-order valence-corrected chi connectivity index (χ4v) is 3.83. The van der Waals surface area contributed by atoms with Gasteiger partial charge in [0.05, 0.1) is 0 Å². The molecule has 0 aliphatic carbocycles. The van der Waals surface area contributed by atoms with Crippen molar-refractivity contribution in [3.8, 4) is 5.75 Å². The molecule has 1 aromatic carbocycles. The van der Waals surface area contributed by atoms with Crippen LogP contribution in [0.4, 0.5) is 0 Å². The number of nitrogens with zero attached hydrogens (tertiary/aromatic N) is 1. The molecule has 1 atom stereocenters. The second-order valence-electron chi connectivity index (χ2n) is 10.4. The van der Waals surface area contributed by atoms with Crippen LogP contribution in [0.1, 0.15) is 84.5 Å². The van der Waals surface area contributed by atoms with Crippen LogP contribution in [0.15, 0.2) is 12.1 Å². The van der Waals surface area contributed by atoms with Crippen molar-refractivity contribution in [3.63, 3.8) is 0 Å². The molecule has 1 aliphatic rings. The molecule has 1 aliphatic heterocycles. The molecule has 26 heavy (non-hydrogen) atoms. The summed E-state index contributed by atoms with van der Waals surface area (Å²) in [4.78, 5) is 2.56. The minimum absolute atomic E-state index is 0.0638. The lowest BCUT2D eigenvalue weighted by Gasteiger charge is -2.38. The standard InChI is InChI=1S/C23H40N2O/c1-16(2)13-20(25-11-9-24-10-12-25)18-14-17(22(3,4)5)15-19(21(18)26)23(6,7)8/h14-16,20,24,26H,9-13H2,1-8H3/t20-/m1/s1. The lowest BCUT2D eigenvalue weighted by atomic mass is 9.77. The van der Waals surface area contributed by atoms with Crippen molar-refractivity contribution in [1.82, 2.24) is 10.2 Å². The molecule has 3 nitrogen and oxygen atoms in total. The van der Waals surface area contributed by atoms with E-state index in [4.69, 9.17) is 0 Å². The van der Waals surface area contributed by atoms with E-state index in [0.717, 1.165) is 43.7 Å². The Kier molecular flexibility index (Phi) is 6.45. The molecular formula is C23H40N2O. The normalized spacial score (nSPS) is 18.3. The summed E-state index contributed by atoms with van der Waals surface area (Å²) in [7, 11) is 0. The van der Waals surface area contributed by atoms with E-state index >= 15 is 0 Å². The minimum Gasteiger partial charge on any atom is -0.507 e. The molecule has 1 heterocycles. The predicted molar refractivity (Wildman–Crippen MR) is 112 cm³/mol. The molecule has 0 radical (unpaired) electrons. The molecule has 1 saturated heterocycles. The molecule has 3 heteroatoms. The highest BCUT2D eigenvalue weighted by atomic mass is 16.3. The minimum atomic E-state index is -0.0775. The lowest BCUT2D eigenvalue weighted by molar-refractivity contribution is 0.151. The first-order chi connectivity index (χ1) is 11.9. The Morgan fingerprint density at radius 2 is 1.58 bits per heavy atom. The van der Waals surface area contributed by atoms with Crippen LogP contribution in [0.25, 0.3) is 0 Å². The van der Waals surface area contributed by atoms with Crippen LogP contribution in [0.2, 0.25) is 0 Å². The maximum Gasteiger partial charge on any atom is 0.124 e. The maximum atomic E-state index is 11.3. The molecule has 0 bridgehead atoms. The van der Waals surface area contributed by atoms with E-state index in [9.17, 15) is 5.11 Å². The molecule has 1 fully saturated rings. The first-order valence-electron chi connectivity index (χ1n) is 10.2. The van der Waals surface area contributed by atoms with Crippen molar-refractivity contribution >= 4 is 0 Å². The molecular weight excluding hydrogens is 320 g/mol. The van der Waals surface area contributed by atoms with Gasteiger partial charge in [0.15, 0.2) is 0 Å². The first kappa shape index (κ1) is 21.2. The van der Waals surface area contributed by atoms with Gasteiger partial charge in [0, 0.05) is 37.8 Å². The van der Waals surface area contributed by atoms with Crippen LogP contribution in [0.5, 0.6) is 5.75 Å². The number of benzene rings is 1. The van der Waals surface area contributed by atoms with Crippen LogP contribution >= 0.6 is 0 Å². The van der Waals surface area contributed by atoms with Crippen molar-refractivity contribution in [2.45, 2.75) is 78.7 Å². The van der Waals surface area contributed by atoms with Gasteiger partial charge in [-0.1, -0.05) is 61.5 Å². The number of aromatic hydroxyl groups is 1. The first-order valence-corrected chi connectivity index (χ1v) is 10.2. The fourth-order valence-electron chi connectivity index (χ4n) is 3.83. The number of hydrogen-bond acceptors (Lipinski definition) is 3. The second kappa shape index (κ2) is 7.90. The van der Waals surface area contributed by atoms with Gasteiger partial charge in [0.25, 0.3) is 0 Å². The van der Waals surface area contributed by atoms with Gasteiger partial charge in [0.2, 0.25) is 0 Å². The van der Waals surface area contributed by atoms with E-state index < -0.39 is 0 Å². The van der Waals surface area contributed by atoms with E-state index in [1.807, 2.05) is 0 Å². The van der Waals surface area contributed by atoms with Crippen LogP contribution in [0.3, 0.4) is 0 Å². The highest BCUT2D eigenvalue weighted by Crippen LogP contribution is 2.42. The summed E-state index contributed by atoms with van der Waals surface area (Å²) in [6, 6.07) is 4.78. The van der Waals surface area contributed by atoms with Crippen molar-refractivity contribution in [1.29, 1.82) is 0 Å². The maximum absolute atomic E-state index is 11.3. The summed E-state index contributed by atoms with van der Waals surface area (Å²) >= 11 is 0. The Bertz CT molecular complexity index is 602. The van der Waals surface area contributed by atoms with E-state index in [0.29, 0.717) is 11.7 Å². The van der Waals surface area contributed by atoms with Crippen LogP contribution < -0.4 is 5.32 Å². The average molecular weight is 361 g/mol. The molecule has 0 spiro atoms. The number of hydrogen-bond donors (Lipinski definition) is 2. The monoisotopic (exact) mass is 360 g/mol. The Balaban J connectivity index is 2.61. The van der Waals surface area contributed by atoms with Crippen LogP contribution in [-0.4, -0.2) is 36.2 Å². The van der Waals surface area contributed by atoms with Gasteiger partial charge in [-0.05, 0) is 40.4 Å². The third-order valence-electron chi connectivity index (χ3n) is 5.46. The number of phenolic OH excluding ortho intramolecular Hbond substituents is 1. The predicted octanol–water partition coefficient (Wildman–Crippen LogP) is 4.98. The van der Waals surface area contributed by atoms with Crippen molar-refractivity contribution in [2.24, 2.45) is 5.92 Å². The Labute approximate surface area is 161 Å². The Morgan fingerprint density at radius 1 is 1.00 bits per heavy atom. The van der Waals surface area contributed by atoms with Gasteiger partial charge in [-0.3, -0.25) is 4.90 Å². The number of piperazine rings is 1. The molecule has 0 amide bonds. The summed E-state index contributed by atoms with van der Waals surface area (Å²) in [5.74, 6) is 1.10. The topological polar surface area (TPSA) is 35.5 Å². The molecule has 0 unspecified atom stereocenters. The van der Waals surface area contributed by atoms with Crippen LogP contribution in [-0.2, 0) is 10.8 Å². The number of nitrogens with one attached hydrogen (secondary N) is 1. The largest absolute Gasteiger partial charge is 0.507 e. The average Bonchev–Trinajstić information content (AvgIpc) is 2.51. The molecule has 1 aromatic rings. The zero-order chi connectivity index (χ0) is 19.7. The van der Waals surface area contributed by atoms with E-state index in [2.05, 4.69) is 77.7 Å². The third-order valence-corrected chi connectivity index (χ3v) is 5.46.